The lowest BCUT2D eigenvalue weighted by atomic mass is 10.2. The first-order valence-corrected chi connectivity index (χ1v) is 28.5. The van der Waals surface area contributed by atoms with Crippen LogP contribution in [0.3, 0.4) is 0 Å². The van der Waals surface area contributed by atoms with E-state index in [1.807, 2.05) is 0 Å². The summed E-state index contributed by atoms with van der Waals surface area (Å²) in [5.74, 6) is -10.9. The van der Waals surface area contributed by atoms with E-state index in [9.17, 15) is 92.0 Å². The highest BCUT2D eigenvalue weighted by Crippen LogP contribution is 2.05. The molecule has 89 heavy (non-hydrogen) atoms. The molecule has 0 bridgehead atoms. The Kier molecular flexibility index (Phi) is 34.8. The van der Waals surface area contributed by atoms with Gasteiger partial charge in [-0.25, -0.2) is 0 Å². The molecule has 35 heteroatoms. The fourth-order valence-electron chi connectivity index (χ4n) is 8.23. The average Bonchev–Trinajstić information content (AvgIpc) is 3.66. The number of rotatable bonds is 34. The van der Waals surface area contributed by atoms with Crippen LogP contribution in [0.25, 0.3) is 0 Å². The van der Waals surface area contributed by atoms with Gasteiger partial charge < -0.3 is 75.0 Å². The van der Waals surface area contributed by atoms with Crippen LogP contribution >= 0.6 is 0 Å². The maximum Gasteiger partial charge on any atom is 0.317 e. The van der Waals surface area contributed by atoms with Gasteiger partial charge in [0.15, 0.2) is 5.78 Å². The minimum atomic E-state index is -1.10. The third-order valence-electron chi connectivity index (χ3n) is 14.2. The SMILES string of the molecule is CCC(=O)[C@H](C)NC(=O)CN(C)C(=O)CN(C)C(=O)CN(C)C(=O)CN(C)C(=O)CN(C)C(=O)CN(C)C(=O)CN(C)C(=O)CN(C)C(=O)CN(C)C(=O)CN(C)C(=O)CCNC(=O)CN1CCN(CC(=O)O)CCN(CC(=O)O)CCN(CC(=O)O)CC1. The minimum Gasteiger partial charge on any atom is -0.480 e. The number of nitrogens with one attached hydrogen (secondary N) is 2. The Balaban J connectivity index is 2.61. The van der Waals surface area contributed by atoms with Gasteiger partial charge >= 0.3 is 17.9 Å². The van der Waals surface area contributed by atoms with Gasteiger partial charge in [0.05, 0.1) is 97.7 Å². The Morgan fingerprint density at radius 1 is 0.337 bits per heavy atom. The van der Waals surface area contributed by atoms with Crippen molar-refractivity contribution in [3.63, 3.8) is 0 Å². The molecule has 5 N–H and O–H groups in total. The normalized spacial score (nSPS) is 13.8. The predicted octanol–water partition coefficient (Wildman–Crippen LogP) is -7.96. The smallest absolute Gasteiger partial charge is 0.317 e. The number of amides is 12. The maximum absolute atomic E-state index is 13.1. The summed E-state index contributed by atoms with van der Waals surface area (Å²) in [5, 5.41) is 33.5. The van der Waals surface area contributed by atoms with Gasteiger partial charge in [-0.1, -0.05) is 6.92 Å². The molecule has 0 aliphatic carbocycles. The number of aliphatic carboxylic acids is 3. The Morgan fingerprint density at radius 3 is 0.775 bits per heavy atom. The average molecular weight is 1270 g/mol. The minimum absolute atomic E-state index is 0.121. The highest BCUT2D eigenvalue weighted by Gasteiger charge is 2.28. The van der Waals surface area contributed by atoms with E-state index in [4.69, 9.17) is 0 Å². The fourth-order valence-corrected chi connectivity index (χ4v) is 8.23. The fraction of sp³-hybridized carbons (Fsp3) is 0.704. The van der Waals surface area contributed by atoms with Gasteiger partial charge in [-0.05, 0) is 6.92 Å². The molecular formula is C54H92N16O19. The van der Waals surface area contributed by atoms with E-state index in [2.05, 4.69) is 10.6 Å². The zero-order chi connectivity index (χ0) is 68.0. The quantitative estimate of drug-likeness (QED) is 0.0399. The van der Waals surface area contributed by atoms with E-state index in [1.54, 1.807) is 26.5 Å². The molecule has 1 aliphatic heterocycles. The lowest BCUT2D eigenvalue weighted by Crippen LogP contribution is -2.50. The molecule has 0 aromatic heterocycles. The van der Waals surface area contributed by atoms with Crippen molar-refractivity contribution in [2.45, 2.75) is 32.7 Å². The molecule has 1 heterocycles. The summed E-state index contributed by atoms with van der Waals surface area (Å²) in [5.41, 5.74) is 0. The molecule has 502 valence electrons. The molecular weight excluding hydrogens is 1180 g/mol. The van der Waals surface area contributed by atoms with E-state index in [-0.39, 0.29) is 110 Å². The third kappa shape index (κ3) is 31.3. The molecule has 1 rings (SSSR count). The van der Waals surface area contributed by atoms with Crippen LogP contribution < -0.4 is 10.6 Å². The maximum atomic E-state index is 13.1. The Labute approximate surface area is 518 Å². The van der Waals surface area contributed by atoms with Crippen LogP contribution in [0.4, 0.5) is 0 Å². The van der Waals surface area contributed by atoms with Crippen molar-refractivity contribution in [2.24, 2.45) is 0 Å². The molecule has 35 nitrogen and oxygen atoms in total. The molecule has 12 amide bonds. The number of nitrogens with zero attached hydrogens (tertiary/aromatic N) is 14. The van der Waals surface area contributed by atoms with Gasteiger partial charge in [-0.3, -0.25) is 96.3 Å². The van der Waals surface area contributed by atoms with Crippen molar-refractivity contribution in [1.29, 1.82) is 0 Å². The van der Waals surface area contributed by atoms with Gasteiger partial charge in [0.2, 0.25) is 70.9 Å². The van der Waals surface area contributed by atoms with Crippen molar-refractivity contribution in [2.75, 3.05) is 221 Å². The first-order valence-electron chi connectivity index (χ1n) is 28.5. The lowest BCUT2D eigenvalue weighted by Gasteiger charge is -2.32. The van der Waals surface area contributed by atoms with Crippen LogP contribution in [0.2, 0.25) is 0 Å². The number of carboxylic acids is 3. The van der Waals surface area contributed by atoms with Gasteiger partial charge in [0.25, 0.3) is 0 Å². The predicted molar refractivity (Wildman–Crippen MR) is 316 cm³/mol. The van der Waals surface area contributed by atoms with E-state index in [1.165, 1.54) is 77.4 Å². The summed E-state index contributed by atoms with van der Waals surface area (Å²) in [4.78, 5) is 219. The van der Waals surface area contributed by atoms with Crippen LogP contribution in [0, 0.1) is 0 Å². The van der Waals surface area contributed by atoms with Crippen LogP contribution in [0.15, 0.2) is 0 Å². The number of hydrogen-bond donors (Lipinski definition) is 5. The summed E-state index contributed by atoms with van der Waals surface area (Å²) in [6, 6.07) is -0.729. The van der Waals surface area contributed by atoms with Crippen LogP contribution in [0.1, 0.15) is 26.7 Å². The molecule has 0 unspecified atom stereocenters. The van der Waals surface area contributed by atoms with E-state index < -0.39 is 154 Å². The van der Waals surface area contributed by atoms with Gasteiger partial charge in [0, 0.05) is 142 Å². The first kappa shape index (κ1) is 78.6. The van der Waals surface area contributed by atoms with Gasteiger partial charge in [-0.2, -0.15) is 0 Å². The number of hydrogen-bond acceptors (Lipinski definition) is 20. The number of carbonyl (C=O) groups is 16. The second-order valence-electron chi connectivity index (χ2n) is 22.0. The van der Waals surface area contributed by atoms with Gasteiger partial charge in [0.1, 0.15) is 0 Å². The molecule has 1 saturated heterocycles. The third-order valence-corrected chi connectivity index (χ3v) is 14.2. The monoisotopic (exact) mass is 1270 g/mol. The molecule has 0 saturated carbocycles. The number of likely N-dealkylation sites (N-methyl/N-ethyl adjacent to an activating group) is 10. The highest BCUT2D eigenvalue weighted by atomic mass is 16.4. The van der Waals surface area contributed by atoms with Crippen molar-refractivity contribution in [1.82, 2.24) is 79.2 Å². The molecule has 0 spiro atoms. The van der Waals surface area contributed by atoms with Crippen LogP contribution in [0.5, 0.6) is 0 Å². The van der Waals surface area contributed by atoms with Crippen molar-refractivity contribution >= 4 is 94.6 Å². The standard InChI is InChI=1S/C54H92N16O19/c1-13-39(71)38(2)56-41(73)24-57(3)43(75)27-59(5)45(77)29-61(7)47(79)31-63(9)49(81)33-65(11)51(83)34-66(12)50(82)32-64(10)48(80)30-62(8)46(78)28-60(6)44(76)26-58(4)42(74)14-15-55-40(72)25-67-16-18-68(35-52(84)85)20-22-70(37-54(88)89)23-21-69(19-17-67)36-53(86)87/h38H,13-37H2,1-12H3,(H,55,72)(H,56,73)(H,84,85)(H,86,87)(H,88,89)/t38-/m0/s1. The summed E-state index contributed by atoms with van der Waals surface area (Å²) in [7, 11) is 13.1. The molecule has 1 aliphatic rings. The highest BCUT2D eigenvalue weighted by molar-refractivity contribution is 5.95. The summed E-state index contributed by atoms with van der Waals surface area (Å²) < 4.78 is 0. The largest absolute Gasteiger partial charge is 0.480 e. The molecule has 1 atom stereocenters. The van der Waals surface area contributed by atoms with Crippen molar-refractivity contribution < 1.29 is 92.0 Å². The molecule has 1 fully saturated rings. The number of carboxylic acid groups (broad SMARTS) is 3. The van der Waals surface area contributed by atoms with Gasteiger partial charge in [-0.15, -0.1) is 0 Å². The zero-order valence-electron chi connectivity index (χ0n) is 53.4. The molecule has 0 radical (unpaired) electrons. The van der Waals surface area contributed by atoms with Crippen LogP contribution in [-0.4, -0.2) is 406 Å². The second-order valence-corrected chi connectivity index (χ2v) is 22.0. The van der Waals surface area contributed by atoms with E-state index in [0.29, 0.717) is 0 Å². The Morgan fingerprint density at radius 2 is 0.551 bits per heavy atom. The van der Waals surface area contributed by atoms with Crippen LogP contribution in [-0.2, 0) is 76.7 Å². The van der Waals surface area contributed by atoms with Crippen molar-refractivity contribution in [3.8, 4) is 0 Å². The summed E-state index contributed by atoms with van der Waals surface area (Å²) in [6.07, 6.45) is 0.0109. The topological polar surface area (TPSA) is 403 Å². The summed E-state index contributed by atoms with van der Waals surface area (Å²) >= 11 is 0. The number of carbonyl (C=O) groups excluding carboxylic acids is 13. The second kappa shape index (κ2) is 39.5. The molecule has 0 aromatic rings. The zero-order valence-corrected chi connectivity index (χ0v) is 53.4. The summed E-state index contributed by atoms with van der Waals surface area (Å²) in [6.45, 7) is -1.20. The Bertz CT molecular complexity index is 2510. The lowest BCUT2D eigenvalue weighted by molar-refractivity contribution is -0.146. The first-order chi connectivity index (χ1) is 41.4. The van der Waals surface area contributed by atoms with E-state index in [0.717, 1.165) is 49.0 Å². The van der Waals surface area contributed by atoms with E-state index >= 15 is 0 Å². The number of Topliss-reactive ketones (excluding diaryl/α,β-unsaturated/α-hetero) is 1. The van der Waals surface area contributed by atoms with Crippen molar-refractivity contribution in [3.05, 3.63) is 0 Å². The molecule has 0 aromatic carbocycles. The number of ketones is 1. The Hall–Kier alpha value is -8.44.